The van der Waals surface area contributed by atoms with Crippen LogP contribution in [0.1, 0.15) is 19.0 Å². The molecule has 6 heteroatoms. The number of nitrogens with zero attached hydrogens (tertiary/aromatic N) is 2. The minimum Gasteiger partial charge on any atom is -0.494 e. The molecule has 0 spiro atoms. The maximum absolute atomic E-state index is 7.32. The molecule has 0 radical (unpaired) electrons. The second kappa shape index (κ2) is 6.51. The van der Waals surface area contributed by atoms with Gasteiger partial charge in [-0.2, -0.15) is 4.98 Å². The van der Waals surface area contributed by atoms with Crippen molar-refractivity contribution in [2.45, 2.75) is 13.3 Å². The Balaban J connectivity index is 2.06. The highest BCUT2D eigenvalue weighted by Crippen LogP contribution is 2.21. The van der Waals surface area contributed by atoms with Gasteiger partial charge < -0.3 is 15.2 Å². The summed E-state index contributed by atoms with van der Waals surface area (Å²) in [7, 11) is 0. The quantitative estimate of drug-likeness (QED) is 0.621. The fourth-order valence-electron chi connectivity index (χ4n) is 1.47. The molecule has 1 aromatic heterocycles. The average molecular weight is 272 g/mol. The van der Waals surface area contributed by atoms with Gasteiger partial charge in [0.25, 0.3) is 0 Å². The Labute approximate surface area is 117 Å². The van der Waals surface area contributed by atoms with Crippen molar-refractivity contribution >= 4 is 5.84 Å². The molecule has 0 bridgehead atoms. The van der Waals surface area contributed by atoms with E-state index in [1.54, 1.807) is 18.2 Å². The van der Waals surface area contributed by atoms with E-state index in [0.717, 1.165) is 12.2 Å². The Morgan fingerprint density at radius 3 is 2.55 bits per heavy atom. The van der Waals surface area contributed by atoms with Crippen molar-refractivity contribution in [1.82, 2.24) is 9.97 Å². The third-order valence-electron chi connectivity index (χ3n) is 2.42. The number of nitrogens with one attached hydrogen (secondary N) is 1. The predicted molar refractivity (Wildman–Crippen MR) is 75.4 cm³/mol. The molecule has 0 unspecified atom stereocenters. The molecule has 3 N–H and O–H groups in total. The van der Waals surface area contributed by atoms with E-state index in [-0.39, 0.29) is 11.8 Å². The normalized spacial score (nSPS) is 10.1. The Morgan fingerprint density at radius 1 is 1.20 bits per heavy atom. The van der Waals surface area contributed by atoms with Gasteiger partial charge in [-0.15, -0.1) is 0 Å². The molecule has 2 rings (SSSR count). The van der Waals surface area contributed by atoms with E-state index in [4.69, 9.17) is 20.6 Å². The number of nitrogen functional groups attached to an aromatic ring is 1. The number of hydrogen-bond acceptors (Lipinski definition) is 5. The lowest BCUT2D eigenvalue weighted by atomic mass is 10.3. The molecular formula is C14H16N4O2. The largest absolute Gasteiger partial charge is 0.494 e. The minimum absolute atomic E-state index is 0.124. The van der Waals surface area contributed by atoms with Crippen LogP contribution in [-0.4, -0.2) is 22.4 Å². The lowest BCUT2D eigenvalue weighted by Gasteiger charge is -2.07. The Morgan fingerprint density at radius 2 is 1.90 bits per heavy atom. The van der Waals surface area contributed by atoms with Gasteiger partial charge in [0, 0.05) is 6.20 Å². The van der Waals surface area contributed by atoms with Crippen LogP contribution in [0.2, 0.25) is 0 Å². The lowest BCUT2D eigenvalue weighted by Crippen LogP contribution is -2.13. The first kappa shape index (κ1) is 13.8. The van der Waals surface area contributed by atoms with Crippen molar-refractivity contribution in [2.75, 3.05) is 6.61 Å². The third kappa shape index (κ3) is 3.68. The Bertz CT molecular complexity index is 584. The van der Waals surface area contributed by atoms with Crippen LogP contribution in [0.5, 0.6) is 17.5 Å². The monoisotopic (exact) mass is 272 g/mol. The van der Waals surface area contributed by atoms with Gasteiger partial charge in [0.2, 0.25) is 0 Å². The highest BCUT2D eigenvalue weighted by Gasteiger charge is 2.04. The summed E-state index contributed by atoms with van der Waals surface area (Å²) in [6.45, 7) is 2.74. The molecule has 0 atom stereocenters. The van der Waals surface area contributed by atoms with E-state index in [9.17, 15) is 0 Å². The number of hydrogen-bond donors (Lipinski definition) is 2. The van der Waals surface area contributed by atoms with Gasteiger partial charge in [0.05, 0.1) is 6.61 Å². The molecule has 6 nitrogen and oxygen atoms in total. The van der Waals surface area contributed by atoms with E-state index in [2.05, 4.69) is 16.9 Å². The van der Waals surface area contributed by atoms with Crippen molar-refractivity contribution in [2.24, 2.45) is 5.73 Å². The van der Waals surface area contributed by atoms with E-state index in [0.29, 0.717) is 18.1 Å². The molecule has 1 heterocycles. The van der Waals surface area contributed by atoms with Gasteiger partial charge in [-0.3, -0.25) is 5.41 Å². The van der Waals surface area contributed by atoms with E-state index >= 15 is 0 Å². The fraction of sp³-hybridized carbons (Fsp3) is 0.214. The average Bonchev–Trinajstić information content (AvgIpc) is 2.47. The van der Waals surface area contributed by atoms with Crippen LogP contribution in [0.4, 0.5) is 0 Å². The summed E-state index contributed by atoms with van der Waals surface area (Å²) in [6.07, 6.45) is 2.46. The van der Waals surface area contributed by atoms with Gasteiger partial charge in [0.15, 0.2) is 0 Å². The standard InChI is InChI=1S/C14H16N4O2/c1-2-9-19-10-3-5-11(6-4-10)20-14-17-8-7-12(18-14)13(15)16/h3-8H,2,9H2,1H3,(H3,15,16). The third-order valence-corrected chi connectivity index (χ3v) is 2.42. The zero-order chi connectivity index (χ0) is 14.4. The molecule has 1 aromatic carbocycles. The summed E-state index contributed by atoms with van der Waals surface area (Å²) in [6, 6.07) is 8.89. The maximum Gasteiger partial charge on any atom is 0.322 e. The fourth-order valence-corrected chi connectivity index (χ4v) is 1.47. The summed E-state index contributed by atoms with van der Waals surface area (Å²) in [4.78, 5) is 8.00. The molecule has 0 amide bonds. The predicted octanol–water partition coefficient (Wildman–Crippen LogP) is 2.34. The maximum atomic E-state index is 7.32. The number of amidine groups is 1. The van der Waals surface area contributed by atoms with Crippen LogP contribution in [0.25, 0.3) is 0 Å². The molecule has 0 fully saturated rings. The molecule has 0 aliphatic carbocycles. The van der Waals surface area contributed by atoms with Crippen LogP contribution >= 0.6 is 0 Å². The summed E-state index contributed by atoms with van der Waals surface area (Å²) in [5.41, 5.74) is 5.69. The molecule has 104 valence electrons. The van der Waals surface area contributed by atoms with Crippen molar-refractivity contribution in [1.29, 1.82) is 5.41 Å². The molecule has 20 heavy (non-hydrogen) atoms. The van der Waals surface area contributed by atoms with Crippen molar-refractivity contribution < 1.29 is 9.47 Å². The van der Waals surface area contributed by atoms with Crippen molar-refractivity contribution in [3.8, 4) is 17.5 Å². The van der Waals surface area contributed by atoms with Crippen molar-refractivity contribution in [3.63, 3.8) is 0 Å². The molecule has 0 aliphatic heterocycles. The van der Waals surface area contributed by atoms with Gasteiger partial charge in [-0.25, -0.2) is 4.98 Å². The SMILES string of the molecule is CCCOc1ccc(Oc2nccc(C(=N)N)n2)cc1. The summed E-state index contributed by atoms with van der Waals surface area (Å²) < 4.78 is 11.0. The first-order valence-corrected chi connectivity index (χ1v) is 6.27. The summed E-state index contributed by atoms with van der Waals surface area (Å²) in [5, 5.41) is 7.32. The molecule has 0 saturated heterocycles. The van der Waals surface area contributed by atoms with Crippen LogP contribution in [-0.2, 0) is 0 Å². The highest BCUT2D eigenvalue weighted by molar-refractivity contribution is 5.92. The summed E-state index contributed by atoms with van der Waals surface area (Å²) >= 11 is 0. The van der Waals surface area contributed by atoms with Crippen LogP contribution in [0.15, 0.2) is 36.5 Å². The van der Waals surface area contributed by atoms with Gasteiger partial charge in [-0.1, -0.05) is 6.92 Å². The van der Waals surface area contributed by atoms with Gasteiger partial charge >= 0.3 is 6.01 Å². The minimum atomic E-state index is -0.124. The lowest BCUT2D eigenvalue weighted by molar-refractivity contribution is 0.317. The second-order valence-electron chi connectivity index (χ2n) is 4.06. The van der Waals surface area contributed by atoms with E-state index < -0.39 is 0 Å². The number of aromatic nitrogens is 2. The number of rotatable bonds is 6. The second-order valence-corrected chi connectivity index (χ2v) is 4.06. The van der Waals surface area contributed by atoms with Gasteiger partial charge in [-0.05, 0) is 36.8 Å². The zero-order valence-corrected chi connectivity index (χ0v) is 11.2. The number of nitrogens with two attached hydrogens (primary N) is 1. The topological polar surface area (TPSA) is 94.1 Å². The molecule has 0 aliphatic rings. The number of ether oxygens (including phenoxy) is 2. The molecule has 0 saturated carbocycles. The Kier molecular flexibility index (Phi) is 4.49. The number of benzene rings is 1. The van der Waals surface area contributed by atoms with Crippen molar-refractivity contribution in [3.05, 3.63) is 42.2 Å². The van der Waals surface area contributed by atoms with E-state index in [1.807, 2.05) is 12.1 Å². The summed E-state index contributed by atoms with van der Waals surface area (Å²) in [5.74, 6) is 1.26. The molecular weight excluding hydrogens is 256 g/mol. The zero-order valence-electron chi connectivity index (χ0n) is 11.2. The van der Waals surface area contributed by atoms with E-state index in [1.165, 1.54) is 6.20 Å². The van der Waals surface area contributed by atoms with Crippen LogP contribution < -0.4 is 15.2 Å². The van der Waals surface area contributed by atoms with Crippen LogP contribution in [0, 0.1) is 5.41 Å². The van der Waals surface area contributed by atoms with Crippen LogP contribution in [0.3, 0.4) is 0 Å². The smallest absolute Gasteiger partial charge is 0.322 e. The van der Waals surface area contributed by atoms with Gasteiger partial charge in [0.1, 0.15) is 23.0 Å². The first-order chi connectivity index (χ1) is 9.69. The highest BCUT2D eigenvalue weighted by atomic mass is 16.5. The first-order valence-electron chi connectivity index (χ1n) is 6.27. The molecule has 2 aromatic rings. The Hall–Kier alpha value is -2.63.